The van der Waals surface area contributed by atoms with Crippen molar-refractivity contribution in [3.05, 3.63) is 30.0 Å². The van der Waals surface area contributed by atoms with Gasteiger partial charge in [0.2, 0.25) is 0 Å². The maximum Gasteiger partial charge on any atom is 0.136 e. The van der Waals surface area contributed by atoms with Crippen LogP contribution >= 0.6 is 0 Å². The van der Waals surface area contributed by atoms with Crippen LogP contribution in [-0.4, -0.2) is 62.4 Å². The Balaban J connectivity index is 2.49. The smallest absolute Gasteiger partial charge is 0.136 e. The van der Waals surface area contributed by atoms with Gasteiger partial charge < -0.3 is 20.2 Å². The summed E-state index contributed by atoms with van der Waals surface area (Å²) in [6.45, 7) is 2.21. The summed E-state index contributed by atoms with van der Waals surface area (Å²) >= 11 is 0. The molecule has 0 bridgehead atoms. The van der Waals surface area contributed by atoms with E-state index in [9.17, 15) is 5.26 Å². The molecule has 0 aliphatic rings. The second kappa shape index (κ2) is 7.77. The average Bonchev–Trinajstić information content (AvgIpc) is 2.54. The third kappa shape index (κ3) is 3.89. The molecule has 6 heteroatoms. The lowest BCUT2D eigenvalue weighted by Gasteiger charge is -2.21. The molecular weight excluding hydrogens is 290 g/mol. The molecule has 0 amide bonds. The number of nitrogens with zero attached hydrogens (tertiary/aromatic N) is 4. The molecule has 122 valence electrons. The molecule has 0 aliphatic carbocycles. The van der Waals surface area contributed by atoms with Gasteiger partial charge in [0.25, 0.3) is 0 Å². The third-order valence-corrected chi connectivity index (χ3v) is 3.68. The highest BCUT2D eigenvalue weighted by atomic mass is 16.3. The number of aromatic nitrogens is 1. The Hall–Kier alpha value is -2.36. The molecule has 1 aromatic carbocycles. The molecule has 0 unspecified atom stereocenters. The van der Waals surface area contributed by atoms with Crippen LogP contribution in [0, 0.1) is 11.3 Å². The molecule has 0 saturated carbocycles. The summed E-state index contributed by atoms with van der Waals surface area (Å²) < 4.78 is 0. The molecule has 2 rings (SSSR count). The first-order chi connectivity index (χ1) is 11.1. The van der Waals surface area contributed by atoms with Crippen molar-refractivity contribution >= 4 is 22.3 Å². The lowest BCUT2D eigenvalue weighted by molar-refractivity contribution is 0.304. The van der Waals surface area contributed by atoms with Gasteiger partial charge in [0.15, 0.2) is 0 Å². The lowest BCUT2D eigenvalue weighted by atomic mass is 10.0. The maximum atomic E-state index is 9.45. The summed E-state index contributed by atoms with van der Waals surface area (Å²) in [5.74, 6) is 0.768. The minimum atomic E-state index is 0.0560. The van der Waals surface area contributed by atoms with Gasteiger partial charge in [0.05, 0.1) is 30.1 Å². The number of fused-ring (bicyclic) bond motifs is 1. The van der Waals surface area contributed by atoms with E-state index in [1.165, 1.54) is 0 Å². The van der Waals surface area contributed by atoms with Gasteiger partial charge in [0, 0.05) is 37.5 Å². The van der Waals surface area contributed by atoms with Crippen LogP contribution in [0.3, 0.4) is 0 Å². The summed E-state index contributed by atoms with van der Waals surface area (Å²) in [6, 6.07) is 7.90. The minimum absolute atomic E-state index is 0.0560. The zero-order valence-electron chi connectivity index (χ0n) is 13.9. The van der Waals surface area contributed by atoms with Crippen LogP contribution in [-0.2, 0) is 0 Å². The number of aliphatic hydroxyl groups excluding tert-OH is 1. The average molecular weight is 313 g/mol. The number of pyridine rings is 1. The van der Waals surface area contributed by atoms with Crippen molar-refractivity contribution in [3.8, 4) is 6.07 Å². The molecule has 23 heavy (non-hydrogen) atoms. The molecule has 1 aromatic heterocycles. The summed E-state index contributed by atoms with van der Waals surface area (Å²) in [5, 5.41) is 23.8. The molecule has 0 fully saturated rings. The fraction of sp³-hybridized carbons (Fsp3) is 0.412. The normalized spacial score (nSPS) is 10.8. The molecule has 0 aliphatic heterocycles. The quantitative estimate of drug-likeness (QED) is 0.807. The van der Waals surface area contributed by atoms with Gasteiger partial charge in [-0.2, -0.15) is 5.26 Å². The van der Waals surface area contributed by atoms with E-state index < -0.39 is 0 Å². The monoisotopic (exact) mass is 313 g/mol. The largest absolute Gasteiger partial charge is 0.395 e. The van der Waals surface area contributed by atoms with Crippen LogP contribution in [0.15, 0.2) is 24.4 Å². The zero-order chi connectivity index (χ0) is 16.8. The highest BCUT2D eigenvalue weighted by molar-refractivity contribution is 6.03. The molecule has 0 atom stereocenters. The number of benzene rings is 1. The van der Waals surface area contributed by atoms with E-state index in [2.05, 4.69) is 21.3 Å². The van der Waals surface area contributed by atoms with Crippen molar-refractivity contribution in [2.24, 2.45) is 0 Å². The van der Waals surface area contributed by atoms with Crippen molar-refractivity contribution in [1.82, 2.24) is 9.88 Å². The molecule has 0 radical (unpaired) electrons. The van der Waals surface area contributed by atoms with Crippen molar-refractivity contribution in [2.75, 3.05) is 57.6 Å². The summed E-state index contributed by atoms with van der Waals surface area (Å²) in [7, 11) is 5.92. The van der Waals surface area contributed by atoms with Gasteiger partial charge in [-0.3, -0.25) is 0 Å². The van der Waals surface area contributed by atoms with E-state index in [4.69, 9.17) is 5.11 Å². The van der Waals surface area contributed by atoms with Gasteiger partial charge in [-0.15, -0.1) is 0 Å². The van der Waals surface area contributed by atoms with Gasteiger partial charge in [-0.25, -0.2) is 4.98 Å². The van der Waals surface area contributed by atoms with E-state index in [1.54, 1.807) is 6.20 Å². The Labute approximate surface area is 137 Å². The fourth-order valence-electron chi connectivity index (χ4n) is 2.49. The highest BCUT2D eigenvalue weighted by Gasteiger charge is 2.13. The minimum Gasteiger partial charge on any atom is -0.395 e. The number of rotatable bonds is 7. The van der Waals surface area contributed by atoms with Crippen LogP contribution in [0.5, 0.6) is 0 Å². The van der Waals surface area contributed by atoms with E-state index in [0.717, 1.165) is 35.4 Å². The Morgan fingerprint density at radius 2 is 2.04 bits per heavy atom. The second-order valence-electron chi connectivity index (χ2n) is 5.71. The Morgan fingerprint density at radius 3 is 2.70 bits per heavy atom. The number of anilines is 2. The molecule has 6 nitrogen and oxygen atoms in total. The van der Waals surface area contributed by atoms with Crippen LogP contribution in [0.4, 0.5) is 11.5 Å². The molecule has 1 heterocycles. The Kier molecular flexibility index (Phi) is 5.74. The van der Waals surface area contributed by atoms with E-state index >= 15 is 0 Å². The van der Waals surface area contributed by atoms with Crippen LogP contribution < -0.4 is 10.2 Å². The van der Waals surface area contributed by atoms with Crippen LogP contribution in [0.25, 0.3) is 10.8 Å². The zero-order valence-corrected chi connectivity index (χ0v) is 13.9. The maximum absolute atomic E-state index is 9.45. The first-order valence-corrected chi connectivity index (χ1v) is 7.61. The van der Waals surface area contributed by atoms with Crippen LogP contribution in [0.2, 0.25) is 0 Å². The molecular formula is C17H23N5O. The number of aliphatic hydroxyl groups is 1. The predicted molar refractivity (Wildman–Crippen MR) is 93.9 cm³/mol. The number of likely N-dealkylation sites (N-methyl/N-ethyl adjacent to an activating group) is 2. The number of nitrogens with one attached hydrogen (secondary N) is 1. The lowest BCUT2D eigenvalue weighted by Crippen LogP contribution is -2.23. The fourth-order valence-corrected chi connectivity index (χ4v) is 2.49. The number of hydrogen-bond acceptors (Lipinski definition) is 6. The van der Waals surface area contributed by atoms with Crippen molar-refractivity contribution < 1.29 is 5.11 Å². The van der Waals surface area contributed by atoms with Crippen molar-refractivity contribution in [3.63, 3.8) is 0 Å². The van der Waals surface area contributed by atoms with Crippen LogP contribution in [0.1, 0.15) is 5.56 Å². The highest BCUT2D eigenvalue weighted by Crippen LogP contribution is 2.32. The Bertz CT molecular complexity index is 708. The molecule has 2 aromatic rings. The summed E-state index contributed by atoms with van der Waals surface area (Å²) in [6.07, 6.45) is 1.77. The predicted octanol–water partition coefficient (Wildman–Crippen LogP) is 1.51. The topological polar surface area (TPSA) is 75.4 Å². The summed E-state index contributed by atoms with van der Waals surface area (Å²) in [5.41, 5.74) is 1.48. The summed E-state index contributed by atoms with van der Waals surface area (Å²) in [4.78, 5) is 8.52. The first-order valence-electron chi connectivity index (χ1n) is 7.61. The molecule has 2 N–H and O–H groups in total. The van der Waals surface area contributed by atoms with Crippen molar-refractivity contribution in [2.45, 2.75) is 0 Å². The van der Waals surface area contributed by atoms with E-state index in [1.807, 2.05) is 44.2 Å². The standard InChI is InChI=1S/C17H23N5O/c1-21(2)8-7-19-15-12-20-17(22(3)9-10-23)14-6-4-5-13(11-18)16(14)15/h4-6,12,19,23H,7-10H2,1-3H3. The SMILES string of the molecule is CN(C)CCNc1cnc(N(C)CCO)c2cccc(C#N)c12. The van der Waals surface area contributed by atoms with Gasteiger partial charge in [0.1, 0.15) is 5.82 Å². The van der Waals surface area contributed by atoms with Gasteiger partial charge >= 0.3 is 0 Å². The number of hydrogen-bond donors (Lipinski definition) is 2. The third-order valence-electron chi connectivity index (χ3n) is 3.68. The first kappa shape index (κ1) is 17.0. The van der Waals surface area contributed by atoms with E-state index in [-0.39, 0.29) is 6.61 Å². The van der Waals surface area contributed by atoms with Gasteiger partial charge in [-0.1, -0.05) is 12.1 Å². The Morgan fingerprint density at radius 1 is 1.26 bits per heavy atom. The van der Waals surface area contributed by atoms with Crippen molar-refractivity contribution in [1.29, 1.82) is 5.26 Å². The van der Waals surface area contributed by atoms with E-state index in [0.29, 0.717) is 12.1 Å². The molecule has 0 spiro atoms. The van der Waals surface area contributed by atoms with Gasteiger partial charge in [-0.05, 0) is 20.2 Å². The number of nitriles is 1. The molecule has 0 saturated heterocycles. The second-order valence-corrected chi connectivity index (χ2v) is 5.71.